The highest BCUT2D eigenvalue weighted by Gasteiger charge is 2.28. The number of carbonyl (C=O) groups is 3. The number of hydrogen-bond acceptors (Lipinski definition) is 10. The number of esters is 3. The first kappa shape index (κ1) is 67.4. The van der Waals surface area contributed by atoms with E-state index in [0.717, 1.165) is 89.9 Å². The molecular formula is C58H105O11P. The minimum Gasteiger partial charge on any atom is -0.462 e. The van der Waals surface area contributed by atoms with E-state index in [0.29, 0.717) is 19.3 Å². The number of allylic oxidation sites excluding steroid dienone is 8. The van der Waals surface area contributed by atoms with Gasteiger partial charge in [0.1, 0.15) is 12.7 Å². The SMILES string of the molecule is CC/C=C\C/C=C\C/C=C\CCCCCCCC(=O)OC(CO)COP(=O)(O)OCC(COC(=O)CCCCCCCCCCC)OC(=O)CCCCCCCCCCC/C=C\CCCCCCCC. The number of carbonyl (C=O) groups excluding carboxylic acids is 3. The predicted octanol–water partition coefficient (Wildman–Crippen LogP) is 16.6. The standard InChI is InChI=1S/C58H105O11P/c1-4-7-10-13-16-19-21-23-25-26-27-28-30-32-34-37-40-43-46-49-58(62)69-55(51-65-56(60)47-44-41-38-35-18-15-12-9-6-3)53-67-70(63,64)66-52-54(50-59)68-57(61)48-45-42-39-36-33-31-29-24-22-20-17-14-11-8-5-2/h8,11,17,20,23-25,29,54-55,59H,4-7,9-10,12-16,18-19,21-22,26-28,30-53H2,1-3H3,(H,63,64)/b11-8-,20-17-,25-23-,29-24-. The molecule has 70 heavy (non-hydrogen) atoms. The monoisotopic (exact) mass is 1010 g/mol. The van der Waals surface area contributed by atoms with Crippen LogP contribution < -0.4 is 0 Å². The first-order valence-electron chi connectivity index (χ1n) is 28.5. The summed E-state index contributed by atoms with van der Waals surface area (Å²) in [6.45, 7) is 4.51. The Morgan fingerprint density at radius 2 is 0.743 bits per heavy atom. The molecule has 0 aromatic carbocycles. The van der Waals surface area contributed by atoms with Crippen molar-refractivity contribution in [3.8, 4) is 0 Å². The van der Waals surface area contributed by atoms with Gasteiger partial charge in [-0.3, -0.25) is 23.4 Å². The first-order chi connectivity index (χ1) is 34.2. The third-order valence-corrected chi connectivity index (χ3v) is 13.2. The highest BCUT2D eigenvalue weighted by Crippen LogP contribution is 2.43. The topological polar surface area (TPSA) is 155 Å². The second kappa shape index (κ2) is 52.8. The summed E-state index contributed by atoms with van der Waals surface area (Å²) in [6.07, 6.45) is 55.1. The van der Waals surface area contributed by atoms with Crippen LogP contribution in [-0.4, -0.2) is 66.5 Å². The molecule has 0 saturated carbocycles. The van der Waals surface area contributed by atoms with Gasteiger partial charge in [-0.1, -0.05) is 217 Å². The zero-order valence-electron chi connectivity index (χ0n) is 45.0. The molecule has 0 spiro atoms. The zero-order valence-corrected chi connectivity index (χ0v) is 45.9. The Morgan fingerprint density at radius 1 is 0.414 bits per heavy atom. The number of phosphoric acid groups is 1. The van der Waals surface area contributed by atoms with E-state index in [9.17, 15) is 28.9 Å². The van der Waals surface area contributed by atoms with Gasteiger partial charge in [-0.15, -0.1) is 0 Å². The fraction of sp³-hybridized carbons (Fsp3) is 0.810. The van der Waals surface area contributed by atoms with Crippen molar-refractivity contribution in [2.24, 2.45) is 0 Å². The number of phosphoric ester groups is 1. The molecule has 12 heteroatoms. The van der Waals surface area contributed by atoms with Gasteiger partial charge >= 0.3 is 25.7 Å². The van der Waals surface area contributed by atoms with Gasteiger partial charge in [0.05, 0.1) is 19.8 Å². The number of aliphatic hydroxyl groups excluding tert-OH is 1. The lowest BCUT2D eigenvalue weighted by Crippen LogP contribution is -2.30. The Balaban J connectivity index is 4.63. The van der Waals surface area contributed by atoms with Crippen molar-refractivity contribution < 1.29 is 52.2 Å². The zero-order chi connectivity index (χ0) is 51.3. The second-order valence-corrected chi connectivity index (χ2v) is 20.5. The average molecular weight is 1010 g/mol. The van der Waals surface area contributed by atoms with E-state index in [1.165, 1.54) is 116 Å². The van der Waals surface area contributed by atoms with Gasteiger partial charge in [0.2, 0.25) is 0 Å². The van der Waals surface area contributed by atoms with E-state index >= 15 is 0 Å². The van der Waals surface area contributed by atoms with Crippen molar-refractivity contribution in [3.05, 3.63) is 48.6 Å². The third kappa shape index (κ3) is 50.4. The van der Waals surface area contributed by atoms with Crippen molar-refractivity contribution in [3.63, 3.8) is 0 Å². The summed E-state index contributed by atoms with van der Waals surface area (Å²) in [4.78, 5) is 48.4. The first-order valence-corrected chi connectivity index (χ1v) is 30.0. The average Bonchev–Trinajstić information content (AvgIpc) is 3.35. The van der Waals surface area contributed by atoms with Crippen LogP contribution in [0.25, 0.3) is 0 Å². The van der Waals surface area contributed by atoms with Gasteiger partial charge in [0, 0.05) is 19.3 Å². The summed E-state index contributed by atoms with van der Waals surface area (Å²) in [5.41, 5.74) is 0. The summed E-state index contributed by atoms with van der Waals surface area (Å²) >= 11 is 0. The van der Waals surface area contributed by atoms with Crippen molar-refractivity contribution in [2.75, 3.05) is 26.4 Å². The van der Waals surface area contributed by atoms with Gasteiger partial charge in [0.15, 0.2) is 6.10 Å². The van der Waals surface area contributed by atoms with Crippen LogP contribution in [0.15, 0.2) is 48.6 Å². The van der Waals surface area contributed by atoms with Gasteiger partial charge in [-0.05, 0) is 77.0 Å². The quantitative estimate of drug-likeness (QED) is 0.0197. The summed E-state index contributed by atoms with van der Waals surface area (Å²) in [5.74, 6) is -1.47. The maximum atomic E-state index is 12.9. The molecule has 0 aliphatic carbocycles. The number of hydrogen-bond donors (Lipinski definition) is 2. The largest absolute Gasteiger partial charge is 0.472 e. The Morgan fingerprint density at radius 3 is 1.16 bits per heavy atom. The maximum absolute atomic E-state index is 12.9. The Hall–Kier alpha value is -2.56. The van der Waals surface area contributed by atoms with Crippen molar-refractivity contribution in [2.45, 2.75) is 277 Å². The second-order valence-electron chi connectivity index (χ2n) is 19.1. The molecule has 2 N–H and O–H groups in total. The smallest absolute Gasteiger partial charge is 0.462 e. The molecule has 0 radical (unpaired) electrons. The summed E-state index contributed by atoms with van der Waals surface area (Å²) in [7, 11) is -4.74. The lowest BCUT2D eigenvalue weighted by Gasteiger charge is -2.21. The molecule has 3 atom stereocenters. The van der Waals surface area contributed by atoms with Crippen LogP contribution in [0.3, 0.4) is 0 Å². The molecule has 3 unspecified atom stereocenters. The highest BCUT2D eigenvalue weighted by molar-refractivity contribution is 7.47. The molecule has 0 aliphatic heterocycles. The maximum Gasteiger partial charge on any atom is 0.472 e. The van der Waals surface area contributed by atoms with Gasteiger partial charge < -0.3 is 24.2 Å². The van der Waals surface area contributed by atoms with E-state index in [1.807, 2.05) is 0 Å². The summed E-state index contributed by atoms with van der Waals surface area (Å²) in [5, 5.41) is 9.79. The van der Waals surface area contributed by atoms with E-state index in [4.69, 9.17) is 23.3 Å². The molecule has 0 amide bonds. The van der Waals surface area contributed by atoms with Crippen LogP contribution in [0, 0.1) is 0 Å². The molecule has 0 aromatic rings. The molecular weight excluding hydrogens is 904 g/mol. The summed E-state index contributed by atoms with van der Waals surface area (Å²) in [6, 6.07) is 0. The molecule has 0 aliphatic rings. The van der Waals surface area contributed by atoms with Crippen LogP contribution in [-0.2, 0) is 42.2 Å². The summed E-state index contributed by atoms with van der Waals surface area (Å²) < 4.78 is 39.4. The van der Waals surface area contributed by atoms with E-state index in [-0.39, 0.29) is 25.9 Å². The Bertz CT molecular complexity index is 1360. The molecule has 0 saturated heterocycles. The van der Waals surface area contributed by atoms with Crippen LogP contribution >= 0.6 is 7.82 Å². The van der Waals surface area contributed by atoms with E-state index in [1.54, 1.807) is 0 Å². The highest BCUT2D eigenvalue weighted by atomic mass is 31.2. The number of unbranched alkanes of at least 4 members (excludes halogenated alkanes) is 28. The van der Waals surface area contributed by atoms with Gasteiger partial charge in [0.25, 0.3) is 0 Å². The molecule has 0 heterocycles. The lowest BCUT2D eigenvalue weighted by atomic mass is 10.1. The van der Waals surface area contributed by atoms with E-state index < -0.39 is 57.8 Å². The number of rotatable bonds is 53. The molecule has 408 valence electrons. The van der Waals surface area contributed by atoms with Crippen molar-refractivity contribution in [1.29, 1.82) is 0 Å². The molecule has 11 nitrogen and oxygen atoms in total. The van der Waals surface area contributed by atoms with Crippen LogP contribution in [0.4, 0.5) is 0 Å². The number of aliphatic hydroxyl groups is 1. The normalized spacial score (nSPS) is 13.7. The molecule has 0 aromatic heterocycles. The Kier molecular flexibility index (Phi) is 50.8. The van der Waals surface area contributed by atoms with Gasteiger partial charge in [-0.25, -0.2) is 4.57 Å². The van der Waals surface area contributed by atoms with Crippen LogP contribution in [0.5, 0.6) is 0 Å². The number of ether oxygens (including phenoxy) is 3. The fourth-order valence-corrected chi connectivity index (χ4v) is 8.68. The van der Waals surface area contributed by atoms with Crippen molar-refractivity contribution >= 4 is 25.7 Å². The minimum absolute atomic E-state index is 0.159. The van der Waals surface area contributed by atoms with Crippen molar-refractivity contribution in [1.82, 2.24) is 0 Å². The van der Waals surface area contributed by atoms with E-state index in [2.05, 4.69) is 69.4 Å². The third-order valence-electron chi connectivity index (χ3n) is 12.2. The molecule has 0 rings (SSSR count). The molecule has 0 bridgehead atoms. The van der Waals surface area contributed by atoms with Crippen LogP contribution in [0.2, 0.25) is 0 Å². The lowest BCUT2D eigenvalue weighted by molar-refractivity contribution is -0.161. The van der Waals surface area contributed by atoms with Gasteiger partial charge in [-0.2, -0.15) is 0 Å². The molecule has 0 fully saturated rings. The Labute approximate surface area is 428 Å². The van der Waals surface area contributed by atoms with Crippen LogP contribution in [0.1, 0.15) is 265 Å². The fourth-order valence-electron chi connectivity index (χ4n) is 7.90. The predicted molar refractivity (Wildman–Crippen MR) is 289 cm³/mol. The minimum atomic E-state index is -4.74.